The Morgan fingerprint density at radius 1 is 0.392 bits per heavy atom. The number of pyridine rings is 2. The molecule has 1 aliphatic heterocycles. The summed E-state index contributed by atoms with van der Waals surface area (Å²) in [5, 5.41) is 0. The molecule has 1 aliphatic rings. The van der Waals surface area contributed by atoms with Gasteiger partial charge in [-0.3, -0.25) is 9.97 Å². The molecule has 0 unspecified atom stereocenters. The van der Waals surface area contributed by atoms with Crippen LogP contribution in [0.3, 0.4) is 0 Å². The van der Waals surface area contributed by atoms with Crippen LogP contribution in [0.15, 0.2) is 180 Å². The molecule has 3 aromatic heterocycles. The Bertz CT molecular complexity index is 2550. The summed E-state index contributed by atoms with van der Waals surface area (Å²) < 4.78 is 0. The molecule has 240 valence electrons. The maximum Gasteiger partial charge on any atom is 0.160 e. The maximum absolute atomic E-state index is 5.17. The number of hydrogen-bond donors (Lipinski definition) is 0. The van der Waals surface area contributed by atoms with Gasteiger partial charge in [-0.1, -0.05) is 127 Å². The Kier molecular flexibility index (Phi) is 8.08. The lowest BCUT2D eigenvalue weighted by atomic mass is 9.94. The third-order valence-corrected chi connectivity index (χ3v) is 10.3. The van der Waals surface area contributed by atoms with Crippen LogP contribution in [0.5, 0.6) is 0 Å². The van der Waals surface area contributed by atoms with Gasteiger partial charge in [0.1, 0.15) is 0 Å². The molecule has 0 fully saturated rings. The molecule has 8 aromatic rings. The van der Waals surface area contributed by atoms with Crippen molar-refractivity contribution in [1.29, 1.82) is 0 Å². The van der Waals surface area contributed by atoms with E-state index in [-0.39, 0.29) is 0 Å². The van der Waals surface area contributed by atoms with Crippen molar-refractivity contribution >= 4 is 23.9 Å². The lowest BCUT2D eigenvalue weighted by molar-refractivity contribution is 1.18. The summed E-state index contributed by atoms with van der Waals surface area (Å²) >= 11 is 1.81. The van der Waals surface area contributed by atoms with Crippen LogP contribution in [0.1, 0.15) is 11.1 Å². The molecule has 0 atom stereocenters. The van der Waals surface area contributed by atoms with Gasteiger partial charge in [-0.25, -0.2) is 9.97 Å². The van der Waals surface area contributed by atoms with Gasteiger partial charge in [-0.15, -0.1) is 0 Å². The van der Waals surface area contributed by atoms with E-state index >= 15 is 0 Å². The third kappa shape index (κ3) is 6.16. The second-order valence-corrected chi connectivity index (χ2v) is 13.4. The van der Waals surface area contributed by atoms with E-state index in [4.69, 9.17) is 15.0 Å². The first-order valence-electron chi connectivity index (χ1n) is 16.9. The molecule has 9 rings (SSSR count). The Morgan fingerprint density at radius 2 is 1.00 bits per heavy atom. The zero-order valence-electron chi connectivity index (χ0n) is 27.5. The number of rotatable bonds is 4. The lowest BCUT2D eigenvalue weighted by Crippen LogP contribution is -1.97. The summed E-state index contributed by atoms with van der Waals surface area (Å²) in [4.78, 5) is 21.8. The van der Waals surface area contributed by atoms with Gasteiger partial charge in [0.15, 0.2) is 5.82 Å². The molecule has 5 aromatic carbocycles. The topological polar surface area (TPSA) is 51.6 Å². The Hall–Kier alpha value is -6.43. The van der Waals surface area contributed by atoms with Crippen LogP contribution in [0.25, 0.3) is 79.6 Å². The highest BCUT2D eigenvalue weighted by atomic mass is 32.2. The van der Waals surface area contributed by atoms with E-state index in [1.54, 1.807) is 18.0 Å². The van der Waals surface area contributed by atoms with Crippen molar-refractivity contribution in [3.8, 4) is 67.4 Å². The van der Waals surface area contributed by atoms with Gasteiger partial charge < -0.3 is 0 Å². The van der Waals surface area contributed by atoms with E-state index in [2.05, 4.69) is 126 Å². The van der Waals surface area contributed by atoms with Crippen LogP contribution in [-0.4, -0.2) is 19.9 Å². The minimum Gasteiger partial charge on any atom is -0.264 e. The monoisotopic (exact) mass is 670 g/mol. The van der Waals surface area contributed by atoms with Gasteiger partial charge in [0, 0.05) is 50.6 Å². The SMILES string of the molecule is C1=C\c2ccc(-c3nc(-c4ccccc4)cc(-c4ccc(-c5cccnc5)nc4)n3)cc2-c2ccccc2Sc2ccccc2-c2ccccc2/1. The number of hydrogen-bond acceptors (Lipinski definition) is 5. The molecule has 0 radical (unpaired) electrons. The van der Waals surface area contributed by atoms with Crippen molar-refractivity contribution in [1.82, 2.24) is 19.9 Å². The quantitative estimate of drug-likeness (QED) is 0.186. The number of nitrogens with zero attached hydrogens (tertiary/aromatic N) is 4. The van der Waals surface area contributed by atoms with E-state index in [0.29, 0.717) is 5.82 Å². The van der Waals surface area contributed by atoms with E-state index in [9.17, 15) is 0 Å². The van der Waals surface area contributed by atoms with E-state index < -0.39 is 0 Å². The lowest BCUT2D eigenvalue weighted by Gasteiger charge is -2.15. The van der Waals surface area contributed by atoms with Crippen molar-refractivity contribution < 1.29 is 0 Å². The highest BCUT2D eigenvalue weighted by Gasteiger charge is 2.18. The first-order chi connectivity index (χ1) is 25.3. The van der Waals surface area contributed by atoms with Crippen LogP contribution in [-0.2, 0) is 0 Å². The molecule has 0 spiro atoms. The first-order valence-corrected chi connectivity index (χ1v) is 17.7. The standard InChI is InChI=1S/C46H30N4S/c1-2-12-33(13-3-1)42-28-43(36-24-25-41(48-30-36)35-14-10-26-47-29-35)50-46(49-42)34-23-22-32-21-20-31-11-4-5-15-37(31)38-16-6-8-18-44(38)51-45-19-9-7-17-39(45)40(32)27-34/h1-30H/b21-20-. The summed E-state index contributed by atoms with van der Waals surface area (Å²) in [5.41, 5.74) is 13.4. The van der Waals surface area contributed by atoms with Crippen LogP contribution in [0, 0.1) is 0 Å². The number of fused-ring (bicyclic) bond motifs is 6. The minimum absolute atomic E-state index is 0.657. The van der Waals surface area contributed by atoms with Gasteiger partial charge in [0.05, 0.1) is 17.1 Å². The average molecular weight is 671 g/mol. The highest BCUT2D eigenvalue weighted by Crippen LogP contribution is 2.44. The van der Waals surface area contributed by atoms with E-state index in [0.717, 1.165) is 50.5 Å². The summed E-state index contributed by atoms with van der Waals surface area (Å²) in [7, 11) is 0. The fourth-order valence-electron chi connectivity index (χ4n) is 6.53. The highest BCUT2D eigenvalue weighted by molar-refractivity contribution is 7.99. The molecule has 0 amide bonds. The number of aromatic nitrogens is 4. The van der Waals surface area contributed by atoms with Gasteiger partial charge in [-0.05, 0) is 81.9 Å². The summed E-state index contributed by atoms with van der Waals surface area (Å²) in [6.45, 7) is 0. The number of benzene rings is 5. The minimum atomic E-state index is 0.657. The summed E-state index contributed by atoms with van der Waals surface area (Å²) in [6, 6.07) is 52.9. The Labute approximate surface area is 301 Å². The van der Waals surface area contributed by atoms with E-state index in [1.807, 2.05) is 54.9 Å². The zero-order chi connectivity index (χ0) is 34.0. The molecule has 4 nitrogen and oxygen atoms in total. The van der Waals surface area contributed by atoms with Crippen molar-refractivity contribution in [3.63, 3.8) is 0 Å². The van der Waals surface area contributed by atoms with Crippen LogP contribution in [0.4, 0.5) is 0 Å². The summed E-state index contributed by atoms with van der Waals surface area (Å²) in [5.74, 6) is 0.657. The van der Waals surface area contributed by atoms with Crippen molar-refractivity contribution in [3.05, 3.63) is 181 Å². The van der Waals surface area contributed by atoms with Gasteiger partial charge in [0.2, 0.25) is 0 Å². The molecule has 51 heavy (non-hydrogen) atoms. The van der Waals surface area contributed by atoms with E-state index in [1.165, 1.54) is 32.0 Å². The van der Waals surface area contributed by atoms with Crippen molar-refractivity contribution in [2.45, 2.75) is 9.79 Å². The second kappa shape index (κ2) is 13.5. The maximum atomic E-state index is 5.17. The molecule has 0 N–H and O–H groups in total. The molecular weight excluding hydrogens is 641 g/mol. The Morgan fingerprint density at radius 3 is 1.73 bits per heavy atom. The molecular formula is C46H30N4S. The predicted molar refractivity (Wildman–Crippen MR) is 210 cm³/mol. The molecule has 5 heteroatoms. The third-order valence-electron chi connectivity index (χ3n) is 9.10. The fourth-order valence-corrected chi connectivity index (χ4v) is 7.63. The van der Waals surface area contributed by atoms with Gasteiger partial charge >= 0.3 is 0 Å². The Balaban J connectivity index is 1.21. The second-order valence-electron chi connectivity index (χ2n) is 12.3. The molecule has 0 saturated heterocycles. The molecule has 0 bridgehead atoms. The molecule has 0 saturated carbocycles. The zero-order valence-corrected chi connectivity index (χ0v) is 28.3. The largest absolute Gasteiger partial charge is 0.264 e. The predicted octanol–water partition coefficient (Wildman–Crippen LogP) is 11.9. The molecule has 4 heterocycles. The van der Waals surface area contributed by atoms with Gasteiger partial charge in [-0.2, -0.15) is 0 Å². The molecule has 0 aliphatic carbocycles. The fraction of sp³-hybridized carbons (Fsp3) is 0. The van der Waals surface area contributed by atoms with Crippen LogP contribution >= 0.6 is 11.8 Å². The van der Waals surface area contributed by atoms with Crippen molar-refractivity contribution in [2.75, 3.05) is 0 Å². The van der Waals surface area contributed by atoms with Gasteiger partial charge in [0.25, 0.3) is 0 Å². The van der Waals surface area contributed by atoms with Crippen LogP contribution < -0.4 is 0 Å². The smallest absolute Gasteiger partial charge is 0.160 e. The van der Waals surface area contributed by atoms with Crippen molar-refractivity contribution in [2.24, 2.45) is 0 Å². The summed E-state index contributed by atoms with van der Waals surface area (Å²) in [6.07, 6.45) is 9.94. The average Bonchev–Trinajstić information content (AvgIpc) is 3.23. The van der Waals surface area contributed by atoms with Crippen LogP contribution in [0.2, 0.25) is 0 Å². The normalized spacial score (nSPS) is 12.4. The first kappa shape index (κ1) is 30.6.